The number of likely N-dealkylation sites (N-methyl/N-ethyl adjacent to an activating group) is 1. The van der Waals surface area contributed by atoms with E-state index in [1.165, 1.54) is 15.6 Å². The highest BCUT2D eigenvalue weighted by Gasteiger charge is 2.22. The highest BCUT2D eigenvalue weighted by atomic mass is 16.2. The Balaban J connectivity index is 1.63. The van der Waals surface area contributed by atoms with Gasteiger partial charge >= 0.3 is 0 Å². The number of nitrogens with one attached hydrogen (secondary N) is 1. The van der Waals surface area contributed by atoms with Gasteiger partial charge in [-0.15, -0.1) is 0 Å². The van der Waals surface area contributed by atoms with Crippen molar-refractivity contribution in [2.45, 2.75) is 19.9 Å². The zero-order valence-corrected chi connectivity index (χ0v) is 14.6. The van der Waals surface area contributed by atoms with Gasteiger partial charge in [-0.1, -0.05) is 30.3 Å². The molecule has 3 rings (SSSR count). The van der Waals surface area contributed by atoms with Crippen molar-refractivity contribution in [1.82, 2.24) is 14.7 Å². The molecule has 1 aromatic heterocycles. The third kappa shape index (κ3) is 4.33. The van der Waals surface area contributed by atoms with Gasteiger partial charge in [-0.3, -0.25) is 9.59 Å². The molecular formula is C19H25N4O2+. The summed E-state index contributed by atoms with van der Waals surface area (Å²) in [5, 5.41) is 4.41. The number of nitrogens with zero attached hydrogens (tertiary/aromatic N) is 3. The molecule has 1 saturated heterocycles. The molecule has 132 valence electrons. The molecular weight excluding hydrogens is 316 g/mol. The summed E-state index contributed by atoms with van der Waals surface area (Å²) in [6, 6.07) is 13.0. The smallest absolute Gasteiger partial charge is 0.266 e. The Bertz CT molecular complexity index is 764. The number of quaternary nitrogens is 1. The molecule has 2 aromatic rings. The first-order valence-corrected chi connectivity index (χ1v) is 8.92. The summed E-state index contributed by atoms with van der Waals surface area (Å²) in [7, 11) is 0. The minimum Gasteiger partial charge on any atom is -0.332 e. The van der Waals surface area contributed by atoms with Gasteiger partial charge in [0, 0.05) is 18.1 Å². The van der Waals surface area contributed by atoms with E-state index in [1.54, 1.807) is 6.07 Å². The average molecular weight is 341 g/mol. The van der Waals surface area contributed by atoms with E-state index in [0.29, 0.717) is 13.0 Å². The van der Waals surface area contributed by atoms with E-state index < -0.39 is 0 Å². The lowest BCUT2D eigenvalue weighted by atomic mass is 10.1. The molecule has 1 aromatic carbocycles. The van der Waals surface area contributed by atoms with Crippen molar-refractivity contribution >= 4 is 5.91 Å². The predicted molar refractivity (Wildman–Crippen MR) is 96.4 cm³/mol. The number of hydrogen-bond acceptors (Lipinski definition) is 3. The normalized spacial score (nSPS) is 15.3. The van der Waals surface area contributed by atoms with Crippen LogP contribution in [0.3, 0.4) is 0 Å². The zero-order valence-electron chi connectivity index (χ0n) is 14.6. The molecule has 0 spiro atoms. The number of benzene rings is 1. The van der Waals surface area contributed by atoms with Crippen LogP contribution >= 0.6 is 0 Å². The Morgan fingerprint density at radius 1 is 1.12 bits per heavy atom. The molecule has 1 amide bonds. The lowest BCUT2D eigenvalue weighted by Crippen LogP contribution is -3.14. The van der Waals surface area contributed by atoms with Gasteiger partial charge in [0.15, 0.2) is 0 Å². The Labute approximate surface area is 147 Å². The van der Waals surface area contributed by atoms with Crippen LogP contribution < -0.4 is 10.5 Å². The predicted octanol–water partition coefficient (Wildman–Crippen LogP) is 0.0474. The molecule has 0 unspecified atom stereocenters. The molecule has 0 aliphatic carbocycles. The Morgan fingerprint density at radius 3 is 2.52 bits per heavy atom. The maximum Gasteiger partial charge on any atom is 0.266 e. The molecule has 6 heteroatoms. The van der Waals surface area contributed by atoms with E-state index in [4.69, 9.17) is 0 Å². The number of aromatic nitrogens is 2. The van der Waals surface area contributed by atoms with Crippen LogP contribution in [0, 0.1) is 0 Å². The summed E-state index contributed by atoms with van der Waals surface area (Å²) >= 11 is 0. The van der Waals surface area contributed by atoms with E-state index in [2.05, 4.69) is 12.0 Å². The van der Waals surface area contributed by atoms with Gasteiger partial charge < -0.3 is 9.80 Å². The largest absolute Gasteiger partial charge is 0.332 e. The van der Waals surface area contributed by atoms with Crippen molar-refractivity contribution in [2.75, 3.05) is 32.7 Å². The third-order valence-electron chi connectivity index (χ3n) is 4.80. The van der Waals surface area contributed by atoms with Crippen LogP contribution in [0.4, 0.5) is 0 Å². The average Bonchev–Trinajstić information content (AvgIpc) is 2.68. The third-order valence-corrected chi connectivity index (χ3v) is 4.80. The number of aryl methyl sites for hydroxylation is 1. The summed E-state index contributed by atoms with van der Waals surface area (Å²) in [6.45, 7) is 7.20. The number of rotatable bonds is 5. The Hall–Kier alpha value is -2.47. The molecule has 2 heterocycles. The molecule has 1 aliphatic rings. The first kappa shape index (κ1) is 17.4. The van der Waals surface area contributed by atoms with Crippen LogP contribution in [-0.4, -0.2) is 53.3 Å². The van der Waals surface area contributed by atoms with Gasteiger partial charge in [0.2, 0.25) is 5.91 Å². The highest BCUT2D eigenvalue weighted by Crippen LogP contribution is 2.14. The van der Waals surface area contributed by atoms with Crippen molar-refractivity contribution in [1.29, 1.82) is 0 Å². The second-order valence-electron chi connectivity index (χ2n) is 6.38. The molecule has 0 atom stereocenters. The maximum absolute atomic E-state index is 12.4. The van der Waals surface area contributed by atoms with Gasteiger partial charge in [-0.2, -0.15) is 5.10 Å². The summed E-state index contributed by atoms with van der Waals surface area (Å²) in [5.41, 5.74) is 1.53. The van der Waals surface area contributed by atoms with E-state index in [0.717, 1.165) is 44.0 Å². The molecule has 25 heavy (non-hydrogen) atoms. The number of piperazine rings is 1. The van der Waals surface area contributed by atoms with Gasteiger partial charge in [-0.05, 0) is 13.0 Å². The number of amides is 1. The van der Waals surface area contributed by atoms with E-state index in [9.17, 15) is 9.59 Å². The van der Waals surface area contributed by atoms with Crippen LogP contribution in [0.1, 0.15) is 13.3 Å². The van der Waals surface area contributed by atoms with Gasteiger partial charge in [0.25, 0.3) is 5.56 Å². The highest BCUT2D eigenvalue weighted by molar-refractivity contribution is 5.76. The second-order valence-corrected chi connectivity index (χ2v) is 6.38. The van der Waals surface area contributed by atoms with Crippen LogP contribution in [0.2, 0.25) is 0 Å². The van der Waals surface area contributed by atoms with Crippen molar-refractivity contribution in [3.05, 3.63) is 52.8 Å². The first-order valence-electron chi connectivity index (χ1n) is 8.92. The van der Waals surface area contributed by atoms with E-state index in [1.807, 2.05) is 35.2 Å². The summed E-state index contributed by atoms with van der Waals surface area (Å²) in [6.07, 6.45) is 0.312. The fourth-order valence-corrected chi connectivity index (χ4v) is 3.16. The van der Waals surface area contributed by atoms with Crippen LogP contribution in [0.25, 0.3) is 11.3 Å². The molecule has 1 N–H and O–H groups in total. The Morgan fingerprint density at radius 2 is 1.84 bits per heavy atom. The first-order chi connectivity index (χ1) is 12.2. The summed E-state index contributed by atoms with van der Waals surface area (Å²) in [4.78, 5) is 27.9. The lowest BCUT2D eigenvalue weighted by molar-refractivity contribution is -0.902. The minimum absolute atomic E-state index is 0.106. The lowest BCUT2D eigenvalue weighted by Gasteiger charge is -2.31. The molecule has 0 bridgehead atoms. The maximum atomic E-state index is 12.4. The number of carbonyl (C=O) groups is 1. The van der Waals surface area contributed by atoms with E-state index in [-0.39, 0.29) is 11.5 Å². The van der Waals surface area contributed by atoms with E-state index >= 15 is 0 Å². The van der Waals surface area contributed by atoms with Crippen molar-refractivity contribution in [2.24, 2.45) is 0 Å². The molecule has 1 aliphatic heterocycles. The minimum atomic E-state index is -0.173. The summed E-state index contributed by atoms with van der Waals surface area (Å²) < 4.78 is 1.40. The monoisotopic (exact) mass is 341 g/mol. The second kappa shape index (κ2) is 8.07. The Kier molecular flexibility index (Phi) is 5.60. The number of carbonyl (C=O) groups excluding carboxylic acids is 1. The van der Waals surface area contributed by atoms with Crippen LogP contribution in [0.5, 0.6) is 0 Å². The molecule has 0 radical (unpaired) electrons. The van der Waals surface area contributed by atoms with Gasteiger partial charge in [0.05, 0.1) is 45.0 Å². The quantitative estimate of drug-likeness (QED) is 0.836. The fraction of sp³-hybridized carbons (Fsp3) is 0.421. The number of hydrogen-bond donors (Lipinski definition) is 1. The molecule has 0 saturated carbocycles. The molecule has 6 nitrogen and oxygen atoms in total. The summed E-state index contributed by atoms with van der Waals surface area (Å²) in [5.74, 6) is 0.106. The van der Waals surface area contributed by atoms with Crippen LogP contribution in [-0.2, 0) is 11.3 Å². The van der Waals surface area contributed by atoms with Crippen LogP contribution in [0.15, 0.2) is 47.3 Å². The zero-order chi connectivity index (χ0) is 17.6. The van der Waals surface area contributed by atoms with Crippen molar-refractivity contribution in [3.63, 3.8) is 0 Å². The standard InChI is InChI=1S/C19H24N4O2/c1-2-21-12-14-22(15-13-21)18(24)10-11-23-19(25)9-8-17(20-23)16-6-4-3-5-7-16/h3-9H,2,10-15H2,1H3/p+1. The van der Waals surface area contributed by atoms with Crippen molar-refractivity contribution in [3.8, 4) is 11.3 Å². The van der Waals surface area contributed by atoms with Gasteiger partial charge in [-0.25, -0.2) is 4.68 Å². The SMILES string of the molecule is CC[NH+]1CCN(C(=O)CCn2nc(-c3ccccc3)ccc2=O)CC1. The van der Waals surface area contributed by atoms with Gasteiger partial charge in [0.1, 0.15) is 0 Å². The fourth-order valence-electron chi connectivity index (χ4n) is 3.16. The topological polar surface area (TPSA) is 59.6 Å². The van der Waals surface area contributed by atoms with Crippen molar-refractivity contribution < 1.29 is 9.69 Å². The molecule has 1 fully saturated rings.